The summed E-state index contributed by atoms with van der Waals surface area (Å²) in [7, 11) is 1.35. The first-order chi connectivity index (χ1) is 8.01. The van der Waals surface area contributed by atoms with E-state index in [-0.39, 0.29) is 47.6 Å². The molecule has 18 heavy (non-hydrogen) atoms. The number of anilines is 1. The summed E-state index contributed by atoms with van der Waals surface area (Å²) in [6, 6.07) is 2.40. The van der Waals surface area contributed by atoms with Gasteiger partial charge in [0.15, 0.2) is 0 Å². The number of nitrogens with two attached hydrogens (primary N) is 1. The summed E-state index contributed by atoms with van der Waals surface area (Å²) >= 11 is 0. The van der Waals surface area contributed by atoms with Crippen molar-refractivity contribution in [3.63, 3.8) is 0 Å². The second-order valence-corrected chi connectivity index (χ2v) is 3.13. The quantitative estimate of drug-likeness (QED) is 0.287. The lowest BCUT2D eigenvalue weighted by Gasteiger charge is -2.11. The topological polar surface area (TPSA) is 111 Å². The number of nitro groups is 1. The van der Waals surface area contributed by atoms with E-state index < -0.39 is 4.92 Å². The van der Waals surface area contributed by atoms with Gasteiger partial charge in [-0.05, 0) is 6.92 Å². The first-order valence-electron chi connectivity index (χ1n) is 4.84. The summed E-state index contributed by atoms with van der Waals surface area (Å²) < 4.78 is 9.89. The Bertz CT molecular complexity index is 465. The molecule has 1 rings (SSSR count). The Morgan fingerprint density at radius 3 is 2.61 bits per heavy atom. The third-order valence-electron chi connectivity index (χ3n) is 2.09. The van der Waals surface area contributed by atoms with Gasteiger partial charge in [0.05, 0.1) is 36.0 Å². The molecule has 0 aliphatic rings. The molecule has 0 atom stereocenters. The molecule has 8 heteroatoms. The van der Waals surface area contributed by atoms with Crippen LogP contribution in [0, 0.1) is 15.5 Å². The second-order valence-electron chi connectivity index (χ2n) is 3.13. The van der Waals surface area contributed by atoms with Gasteiger partial charge in [0.2, 0.25) is 5.90 Å². The molecule has 0 saturated carbocycles. The van der Waals surface area contributed by atoms with Crippen molar-refractivity contribution >= 4 is 29.7 Å². The van der Waals surface area contributed by atoms with E-state index in [4.69, 9.17) is 20.6 Å². The van der Waals surface area contributed by atoms with Gasteiger partial charge < -0.3 is 15.2 Å². The predicted octanol–water partition coefficient (Wildman–Crippen LogP) is 1.97. The highest BCUT2D eigenvalue weighted by Gasteiger charge is 2.18. The molecular weight excluding hydrogens is 262 g/mol. The Morgan fingerprint density at radius 1 is 1.56 bits per heavy atom. The van der Waals surface area contributed by atoms with Crippen LogP contribution >= 0.6 is 12.4 Å². The van der Waals surface area contributed by atoms with Crippen LogP contribution in [0.5, 0.6) is 5.75 Å². The van der Waals surface area contributed by atoms with E-state index in [0.29, 0.717) is 0 Å². The number of nitro benzene ring substituents is 1. The van der Waals surface area contributed by atoms with Crippen LogP contribution in [-0.4, -0.2) is 24.5 Å². The van der Waals surface area contributed by atoms with Gasteiger partial charge >= 0.3 is 0 Å². The summed E-state index contributed by atoms with van der Waals surface area (Å²) in [6.45, 7) is 1.99. The third-order valence-corrected chi connectivity index (χ3v) is 2.09. The molecule has 0 spiro atoms. The number of benzene rings is 1. The predicted molar refractivity (Wildman–Crippen MR) is 69.8 cm³/mol. The van der Waals surface area contributed by atoms with E-state index in [1.807, 2.05) is 0 Å². The smallest absolute Gasteiger partial charge is 0.274 e. The average molecular weight is 276 g/mol. The lowest BCUT2D eigenvalue weighted by Crippen LogP contribution is -2.10. The van der Waals surface area contributed by atoms with E-state index >= 15 is 0 Å². The molecule has 1 aromatic carbocycles. The van der Waals surface area contributed by atoms with Crippen molar-refractivity contribution in [2.45, 2.75) is 6.92 Å². The molecule has 0 fully saturated rings. The van der Waals surface area contributed by atoms with Crippen molar-refractivity contribution in [2.75, 3.05) is 19.5 Å². The molecule has 0 heterocycles. The molecule has 0 radical (unpaired) electrons. The summed E-state index contributed by atoms with van der Waals surface area (Å²) in [6.07, 6.45) is 0. The van der Waals surface area contributed by atoms with Crippen molar-refractivity contribution in [3.8, 4) is 5.75 Å². The maximum atomic E-state index is 10.7. The zero-order valence-corrected chi connectivity index (χ0v) is 10.7. The number of rotatable bonds is 4. The monoisotopic (exact) mass is 275 g/mol. The van der Waals surface area contributed by atoms with Gasteiger partial charge in [-0.25, -0.2) is 0 Å². The molecule has 0 saturated heterocycles. The van der Waals surface area contributed by atoms with Crippen LogP contribution in [0.4, 0.5) is 11.4 Å². The van der Waals surface area contributed by atoms with Crippen LogP contribution in [0.3, 0.4) is 0 Å². The first kappa shape index (κ1) is 16.0. The highest BCUT2D eigenvalue weighted by atomic mass is 35.5. The van der Waals surface area contributed by atoms with Gasteiger partial charge in [-0.2, -0.15) is 0 Å². The number of hydrogen-bond donors (Lipinski definition) is 2. The van der Waals surface area contributed by atoms with Crippen LogP contribution in [0.1, 0.15) is 12.5 Å². The maximum Gasteiger partial charge on any atom is 0.274 e. The number of nitrogens with zero attached hydrogens (tertiary/aromatic N) is 1. The maximum absolute atomic E-state index is 10.7. The molecule has 1 aromatic rings. The lowest BCUT2D eigenvalue weighted by molar-refractivity contribution is -0.384. The van der Waals surface area contributed by atoms with Crippen molar-refractivity contribution in [2.24, 2.45) is 0 Å². The fourth-order valence-corrected chi connectivity index (χ4v) is 1.30. The Morgan fingerprint density at radius 2 is 2.17 bits per heavy atom. The van der Waals surface area contributed by atoms with Crippen LogP contribution in [0.25, 0.3) is 0 Å². The molecule has 0 amide bonds. The van der Waals surface area contributed by atoms with Gasteiger partial charge in [0.1, 0.15) is 5.75 Å². The van der Waals surface area contributed by atoms with Crippen LogP contribution in [0.2, 0.25) is 0 Å². The minimum Gasteiger partial charge on any atom is -0.494 e. The number of ether oxygens (including phenoxy) is 2. The molecule has 7 nitrogen and oxygen atoms in total. The average Bonchev–Trinajstić information content (AvgIpc) is 2.29. The summed E-state index contributed by atoms with van der Waals surface area (Å²) in [4.78, 5) is 10.1. The summed E-state index contributed by atoms with van der Waals surface area (Å²) in [5.74, 6) is -0.0642. The molecule has 0 aliphatic heterocycles. The Balaban J connectivity index is 0.00000289. The van der Waals surface area contributed by atoms with E-state index in [9.17, 15) is 10.1 Å². The Hall–Kier alpha value is -2.02. The fraction of sp³-hybridized carbons (Fsp3) is 0.300. The SMILES string of the molecule is CCOC(=N)c1cc([N+](=O)[O-])cc(OC)c1N.Cl. The number of nitrogen functional groups attached to an aromatic ring is 1. The van der Waals surface area contributed by atoms with Gasteiger partial charge in [0, 0.05) is 6.07 Å². The van der Waals surface area contributed by atoms with Gasteiger partial charge in [-0.1, -0.05) is 0 Å². The first-order valence-corrected chi connectivity index (χ1v) is 4.84. The van der Waals surface area contributed by atoms with Crippen molar-refractivity contribution in [3.05, 3.63) is 27.8 Å². The largest absolute Gasteiger partial charge is 0.494 e. The molecule has 0 aromatic heterocycles. The molecule has 0 aliphatic carbocycles. The van der Waals surface area contributed by atoms with Crippen molar-refractivity contribution in [1.82, 2.24) is 0 Å². The number of nitrogens with one attached hydrogen (secondary N) is 1. The van der Waals surface area contributed by atoms with Crippen LogP contribution in [-0.2, 0) is 4.74 Å². The van der Waals surface area contributed by atoms with Crippen LogP contribution in [0.15, 0.2) is 12.1 Å². The number of non-ortho nitro benzene ring substituents is 1. The minimum atomic E-state index is -0.579. The van der Waals surface area contributed by atoms with Gasteiger partial charge in [-0.3, -0.25) is 15.5 Å². The van der Waals surface area contributed by atoms with Gasteiger partial charge in [0.25, 0.3) is 5.69 Å². The molecule has 100 valence electrons. The number of halogens is 1. The third kappa shape index (κ3) is 3.24. The van der Waals surface area contributed by atoms with Crippen molar-refractivity contribution < 1.29 is 14.4 Å². The normalized spacial score (nSPS) is 9.22. The summed E-state index contributed by atoms with van der Waals surface area (Å²) in [5.41, 5.74) is 5.83. The Labute approximate surface area is 110 Å². The Kier molecular flexibility index (Phi) is 5.90. The van der Waals surface area contributed by atoms with Crippen LogP contribution < -0.4 is 10.5 Å². The molecule has 3 N–H and O–H groups in total. The standard InChI is InChI=1S/C10H13N3O4.ClH/c1-3-17-10(12)7-4-6(13(14)15)5-8(16-2)9(7)11;/h4-5,12H,3,11H2,1-2H3;1H. The minimum absolute atomic E-state index is 0. The zero-order valence-electron chi connectivity index (χ0n) is 9.93. The van der Waals surface area contributed by atoms with Gasteiger partial charge in [-0.15, -0.1) is 12.4 Å². The number of hydrogen-bond acceptors (Lipinski definition) is 6. The molecular formula is C10H14ClN3O4. The lowest BCUT2D eigenvalue weighted by atomic mass is 10.1. The molecule has 0 unspecified atom stereocenters. The van der Waals surface area contributed by atoms with E-state index in [1.165, 1.54) is 19.2 Å². The second kappa shape index (κ2) is 6.65. The van der Waals surface area contributed by atoms with E-state index in [0.717, 1.165) is 0 Å². The van der Waals surface area contributed by atoms with E-state index in [2.05, 4.69) is 0 Å². The van der Waals surface area contributed by atoms with Crippen molar-refractivity contribution in [1.29, 1.82) is 5.41 Å². The highest BCUT2D eigenvalue weighted by Crippen LogP contribution is 2.31. The zero-order chi connectivity index (χ0) is 13.0. The highest BCUT2D eigenvalue weighted by molar-refractivity contribution is 5.99. The molecule has 0 bridgehead atoms. The van der Waals surface area contributed by atoms with E-state index in [1.54, 1.807) is 6.92 Å². The number of methoxy groups -OCH3 is 1. The summed E-state index contributed by atoms with van der Waals surface area (Å²) in [5, 5.41) is 18.3. The fourth-order valence-electron chi connectivity index (χ4n) is 1.30.